The molecule has 1 saturated carbocycles. The maximum atomic E-state index is 4.17. The Labute approximate surface area is 113 Å². The van der Waals surface area contributed by atoms with Crippen LogP contribution in [0.3, 0.4) is 0 Å². The summed E-state index contributed by atoms with van der Waals surface area (Å²) in [5, 5.41) is 17.1. The highest BCUT2D eigenvalue weighted by Crippen LogP contribution is 2.32. The Morgan fingerprint density at radius 2 is 2.22 bits per heavy atom. The number of nitrogens with one attached hydrogen (secondary N) is 1. The van der Waals surface area contributed by atoms with Crippen LogP contribution in [0, 0.1) is 0 Å². The molecule has 1 aromatic rings. The molecule has 5 nitrogen and oxygen atoms in total. The van der Waals surface area contributed by atoms with Crippen LogP contribution in [0.1, 0.15) is 52.0 Å². The Kier molecular flexibility index (Phi) is 5.44. The van der Waals surface area contributed by atoms with Gasteiger partial charge in [0.25, 0.3) is 0 Å². The Hall–Kier alpha value is -0.620. The van der Waals surface area contributed by atoms with Gasteiger partial charge < -0.3 is 5.32 Å². The van der Waals surface area contributed by atoms with Crippen molar-refractivity contribution >= 4 is 11.8 Å². The fourth-order valence-electron chi connectivity index (χ4n) is 2.34. The van der Waals surface area contributed by atoms with Crippen molar-refractivity contribution < 1.29 is 0 Å². The first-order valence-corrected chi connectivity index (χ1v) is 7.84. The third kappa shape index (κ3) is 3.68. The van der Waals surface area contributed by atoms with Gasteiger partial charge in [-0.15, -0.1) is 5.10 Å². The van der Waals surface area contributed by atoms with Crippen molar-refractivity contribution in [2.75, 3.05) is 13.1 Å². The molecule has 1 N–H and O–H groups in total. The molecule has 1 aliphatic carbocycles. The Balaban J connectivity index is 1.86. The fraction of sp³-hybridized carbons (Fsp3) is 0.917. The van der Waals surface area contributed by atoms with Gasteiger partial charge in [-0.3, -0.25) is 0 Å². The van der Waals surface area contributed by atoms with E-state index in [9.17, 15) is 0 Å². The number of hydrogen-bond donors (Lipinski definition) is 1. The third-order valence-electron chi connectivity index (χ3n) is 3.30. The second kappa shape index (κ2) is 7.09. The van der Waals surface area contributed by atoms with Gasteiger partial charge in [0.05, 0.1) is 6.04 Å². The summed E-state index contributed by atoms with van der Waals surface area (Å²) in [5.74, 6) is 0. The van der Waals surface area contributed by atoms with Gasteiger partial charge in [0.2, 0.25) is 5.16 Å². The monoisotopic (exact) mass is 269 g/mol. The number of nitrogens with zero attached hydrogens (tertiary/aromatic N) is 4. The van der Waals surface area contributed by atoms with Crippen LogP contribution in [0.5, 0.6) is 0 Å². The van der Waals surface area contributed by atoms with Crippen LogP contribution in [-0.2, 0) is 0 Å². The summed E-state index contributed by atoms with van der Waals surface area (Å²) in [6, 6.07) is 0.526. The van der Waals surface area contributed by atoms with Gasteiger partial charge in [0, 0.05) is 11.8 Å². The number of hydrogen-bond acceptors (Lipinski definition) is 5. The highest BCUT2D eigenvalue weighted by molar-refractivity contribution is 7.99. The predicted octanol–water partition coefficient (Wildman–Crippen LogP) is 2.27. The van der Waals surface area contributed by atoms with Crippen molar-refractivity contribution in [2.45, 2.75) is 62.4 Å². The Morgan fingerprint density at radius 1 is 1.44 bits per heavy atom. The lowest BCUT2D eigenvalue weighted by molar-refractivity contribution is 0.422. The largest absolute Gasteiger partial charge is 0.316 e. The van der Waals surface area contributed by atoms with E-state index in [0.717, 1.165) is 18.2 Å². The smallest absolute Gasteiger partial charge is 0.209 e. The lowest BCUT2D eigenvalue weighted by Crippen LogP contribution is -2.23. The molecule has 0 aliphatic heterocycles. The van der Waals surface area contributed by atoms with E-state index in [1.165, 1.54) is 32.1 Å². The quantitative estimate of drug-likeness (QED) is 0.608. The van der Waals surface area contributed by atoms with Crippen molar-refractivity contribution in [3.05, 3.63) is 0 Å². The molecule has 1 heterocycles. The van der Waals surface area contributed by atoms with Crippen molar-refractivity contribution in [1.29, 1.82) is 0 Å². The molecule has 1 atom stereocenters. The predicted molar refractivity (Wildman–Crippen MR) is 73.8 cm³/mol. The molecule has 1 unspecified atom stereocenters. The molecule has 1 fully saturated rings. The molecule has 0 spiro atoms. The zero-order chi connectivity index (χ0) is 12.8. The van der Waals surface area contributed by atoms with Gasteiger partial charge in [0.1, 0.15) is 0 Å². The molecule has 0 radical (unpaired) electrons. The van der Waals surface area contributed by atoms with E-state index >= 15 is 0 Å². The van der Waals surface area contributed by atoms with Crippen LogP contribution in [0.15, 0.2) is 5.16 Å². The molecule has 6 heteroatoms. The second-order valence-electron chi connectivity index (χ2n) is 4.98. The highest BCUT2D eigenvalue weighted by atomic mass is 32.2. The first-order chi connectivity index (χ1) is 8.81. The van der Waals surface area contributed by atoms with Gasteiger partial charge in [-0.05, 0) is 36.2 Å². The normalized spacial score (nSPS) is 18.3. The van der Waals surface area contributed by atoms with Crippen molar-refractivity contribution in [3.8, 4) is 0 Å². The maximum absolute atomic E-state index is 4.17. The zero-order valence-corrected chi connectivity index (χ0v) is 12.1. The lowest BCUT2D eigenvalue weighted by Gasteiger charge is -2.14. The number of thioether (sulfide) groups is 1. The van der Waals surface area contributed by atoms with Crippen molar-refractivity contribution in [2.24, 2.45) is 0 Å². The van der Waals surface area contributed by atoms with Crippen LogP contribution >= 0.6 is 11.8 Å². The molecule has 0 bridgehead atoms. The van der Waals surface area contributed by atoms with Gasteiger partial charge in [-0.25, -0.2) is 4.68 Å². The molecule has 102 valence electrons. The van der Waals surface area contributed by atoms with E-state index < -0.39 is 0 Å². The Bertz CT molecular complexity index is 348. The molecule has 0 aromatic carbocycles. The summed E-state index contributed by atoms with van der Waals surface area (Å²) in [7, 11) is 0. The average Bonchev–Trinajstić information content (AvgIpc) is 2.99. The highest BCUT2D eigenvalue weighted by Gasteiger charge is 2.22. The van der Waals surface area contributed by atoms with E-state index in [0.29, 0.717) is 11.3 Å². The molecule has 0 amide bonds. The molecule has 1 aromatic heterocycles. The minimum absolute atomic E-state index is 0.503. The van der Waals surface area contributed by atoms with Crippen LogP contribution in [0.25, 0.3) is 0 Å². The minimum Gasteiger partial charge on any atom is -0.316 e. The van der Waals surface area contributed by atoms with Crippen molar-refractivity contribution in [1.82, 2.24) is 25.5 Å². The van der Waals surface area contributed by atoms with Gasteiger partial charge >= 0.3 is 0 Å². The van der Waals surface area contributed by atoms with E-state index in [4.69, 9.17) is 0 Å². The summed E-state index contributed by atoms with van der Waals surface area (Å²) < 4.78 is 2.04. The summed E-state index contributed by atoms with van der Waals surface area (Å²) in [6.45, 7) is 6.50. The molecule has 1 aliphatic rings. The standard InChI is InChI=1S/C12H23N5S/c1-3-8-13-9-10(2)18-12-14-15-16-17(12)11-6-4-5-7-11/h10-11,13H,3-9H2,1-2H3. The lowest BCUT2D eigenvalue weighted by atomic mass is 10.3. The summed E-state index contributed by atoms with van der Waals surface area (Å²) in [4.78, 5) is 0. The average molecular weight is 269 g/mol. The number of aromatic nitrogens is 4. The van der Waals surface area contributed by atoms with Gasteiger partial charge in [0.15, 0.2) is 0 Å². The molecular weight excluding hydrogens is 246 g/mol. The van der Waals surface area contributed by atoms with Gasteiger partial charge in [-0.2, -0.15) is 0 Å². The molecular formula is C12H23N5S. The fourth-order valence-corrected chi connectivity index (χ4v) is 3.28. The van der Waals surface area contributed by atoms with Crippen LogP contribution in [0.4, 0.5) is 0 Å². The second-order valence-corrected chi connectivity index (χ2v) is 6.38. The first kappa shape index (κ1) is 13.8. The van der Waals surface area contributed by atoms with E-state index in [2.05, 4.69) is 34.7 Å². The number of tetrazole rings is 1. The summed E-state index contributed by atoms with van der Waals surface area (Å²) >= 11 is 1.78. The van der Waals surface area contributed by atoms with E-state index in [-0.39, 0.29) is 0 Å². The van der Waals surface area contributed by atoms with Crippen molar-refractivity contribution in [3.63, 3.8) is 0 Å². The van der Waals surface area contributed by atoms with Gasteiger partial charge in [-0.1, -0.05) is 38.5 Å². The topological polar surface area (TPSA) is 55.6 Å². The van der Waals surface area contributed by atoms with Crippen LogP contribution in [-0.4, -0.2) is 38.5 Å². The maximum Gasteiger partial charge on any atom is 0.209 e. The molecule has 2 rings (SSSR count). The zero-order valence-electron chi connectivity index (χ0n) is 11.3. The Morgan fingerprint density at radius 3 is 2.94 bits per heavy atom. The molecule has 0 saturated heterocycles. The molecule has 18 heavy (non-hydrogen) atoms. The third-order valence-corrected chi connectivity index (χ3v) is 4.35. The van der Waals surface area contributed by atoms with E-state index in [1.54, 1.807) is 11.8 Å². The number of rotatable bonds is 7. The summed E-state index contributed by atoms with van der Waals surface area (Å²) in [6.07, 6.45) is 6.24. The minimum atomic E-state index is 0.503. The summed E-state index contributed by atoms with van der Waals surface area (Å²) in [5.41, 5.74) is 0. The first-order valence-electron chi connectivity index (χ1n) is 6.96. The van der Waals surface area contributed by atoms with E-state index in [1.807, 2.05) is 4.68 Å². The van der Waals surface area contributed by atoms with Crippen LogP contribution in [0.2, 0.25) is 0 Å². The van der Waals surface area contributed by atoms with Crippen LogP contribution < -0.4 is 5.32 Å². The SMILES string of the molecule is CCCNCC(C)Sc1nnnn1C1CCCC1.